The highest BCUT2D eigenvalue weighted by Crippen LogP contribution is 2.68. The molecule has 1 N–H and O–H groups in total. The fourth-order valence-corrected chi connectivity index (χ4v) is 9.38. The average Bonchev–Trinajstić information content (AvgIpc) is 3.60. The van der Waals surface area contributed by atoms with E-state index in [0.717, 1.165) is 50.0 Å². The van der Waals surface area contributed by atoms with E-state index in [4.69, 9.17) is 4.74 Å². The Kier molecular flexibility index (Phi) is 5.35. The molecule has 200 valence electrons. The van der Waals surface area contributed by atoms with E-state index in [1.54, 1.807) is 6.20 Å². The normalized spacial score (nSPS) is 39.3. The Hall–Kier alpha value is -2.45. The summed E-state index contributed by atoms with van der Waals surface area (Å²) in [5.74, 6) is 0.944. The highest BCUT2D eigenvalue weighted by Gasteiger charge is 2.70. The number of hydrogen-bond acceptors (Lipinski definition) is 6. The molecule has 0 radical (unpaired) electrons. The number of thiol groups is 1. The van der Waals surface area contributed by atoms with Crippen LogP contribution in [0.3, 0.4) is 0 Å². The van der Waals surface area contributed by atoms with Crippen molar-refractivity contribution < 1.29 is 19.4 Å². The topological polar surface area (TPSA) is 94.3 Å². The zero-order valence-corrected chi connectivity index (χ0v) is 22.9. The standard InChI is InChI=1S/C30H35N3O4S/c1-28-14-18-16-32-33(24-5-3-4-12-31-24)22(18)13-19(28)8-9-20-21-10-11-30(27(36)38,37-26(35)17-6-7-17)29(21,2)15-23(34)25(20)28/h3-5,12-13,16-17,20-21,23,25,34H,6-11,14-15H2,1-2H3,(H,36,38)/t20?,21-,23?,25+,28?,29?,30?/m0/s1. The number of aliphatic hydroxyl groups excluding tert-OH is 1. The summed E-state index contributed by atoms with van der Waals surface area (Å²) in [6, 6.07) is 5.84. The van der Waals surface area contributed by atoms with Gasteiger partial charge in [-0.3, -0.25) is 9.59 Å². The maximum absolute atomic E-state index is 13.1. The summed E-state index contributed by atoms with van der Waals surface area (Å²) in [4.78, 5) is 30.4. The third-order valence-corrected chi connectivity index (χ3v) is 11.3. The Labute approximate surface area is 228 Å². The van der Waals surface area contributed by atoms with Crippen LogP contribution in [0.25, 0.3) is 11.9 Å². The van der Waals surface area contributed by atoms with E-state index in [9.17, 15) is 14.7 Å². The number of ether oxygens (including phenoxy) is 1. The van der Waals surface area contributed by atoms with Gasteiger partial charge in [0.25, 0.3) is 0 Å². The van der Waals surface area contributed by atoms with Crippen LogP contribution in [-0.4, -0.2) is 42.7 Å². The molecule has 2 aromatic rings. The van der Waals surface area contributed by atoms with Gasteiger partial charge in [0.1, 0.15) is 0 Å². The molecule has 5 aliphatic rings. The number of hydrogen-bond donors (Lipinski definition) is 2. The number of fused-ring (bicyclic) bond motifs is 6. The van der Waals surface area contributed by atoms with Crippen molar-refractivity contribution in [2.24, 2.45) is 34.5 Å². The number of nitrogens with zero attached hydrogens (tertiary/aromatic N) is 3. The van der Waals surface area contributed by atoms with Crippen molar-refractivity contribution >= 4 is 29.8 Å². The molecule has 2 heterocycles. The number of aromatic nitrogens is 3. The minimum Gasteiger partial charge on any atom is -0.449 e. The fourth-order valence-electron chi connectivity index (χ4n) is 8.97. The van der Waals surface area contributed by atoms with E-state index >= 15 is 0 Å². The molecule has 0 amide bonds. The molecule has 0 aliphatic heterocycles. The molecule has 0 bridgehead atoms. The Morgan fingerprint density at radius 2 is 2.00 bits per heavy atom. The first-order chi connectivity index (χ1) is 18.2. The number of rotatable bonds is 4. The van der Waals surface area contributed by atoms with Crippen LogP contribution < -0.4 is 0 Å². The molecule has 0 saturated heterocycles. The Morgan fingerprint density at radius 3 is 2.71 bits per heavy atom. The van der Waals surface area contributed by atoms with Crippen LogP contribution in [0.1, 0.15) is 70.1 Å². The van der Waals surface area contributed by atoms with E-state index in [1.807, 2.05) is 29.1 Å². The molecule has 8 heteroatoms. The molecule has 5 unspecified atom stereocenters. The second kappa shape index (κ2) is 8.28. The summed E-state index contributed by atoms with van der Waals surface area (Å²) in [5, 5.41) is 16.2. The van der Waals surface area contributed by atoms with Crippen molar-refractivity contribution in [1.29, 1.82) is 0 Å². The monoisotopic (exact) mass is 533 g/mol. The molecule has 0 spiro atoms. The number of aliphatic hydroxyl groups is 1. The molecule has 0 aromatic carbocycles. The number of allylic oxidation sites excluding steroid dienone is 1. The summed E-state index contributed by atoms with van der Waals surface area (Å²) in [5.41, 5.74) is 1.53. The zero-order chi connectivity index (χ0) is 26.4. The summed E-state index contributed by atoms with van der Waals surface area (Å²) < 4.78 is 8.02. The second-order valence-corrected chi connectivity index (χ2v) is 13.2. The van der Waals surface area contributed by atoms with Gasteiger partial charge in [-0.2, -0.15) is 5.10 Å². The molecule has 7 atom stereocenters. The van der Waals surface area contributed by atoms with Gasteiger partial charge < -0.3 is 9.84 Å². The van der Waals surface area contributed by atoms with Crippen molar-refractivity contribution in [2.75, 3.05) is 0 Å². The predicted molar refractivity (Wildman–Crippen MR) is 144 cm³/mol. The summed E-state index contributed by atoms with van der Waals surface area (Å²) in [6.07, 6.45) is 11.5. The van der Waals surface area contributed by atoms with Crippen LogP contribution in [0.2, 0.25) is 0 Å². The Bertz CT molecular complexity index is 1350. The van der Waals surface area contributed by atoms with E-state index in [-0.39, 0.29) is 40.2 Å². The first-order valence-electron chi connectivity index (χ1n) is 14.0. The van der Waals surface area contributed by atoms with Gasteiger partial charge >= 0.3 is 5.97 Å². The van der Waals surface area contributed by atoms with Crippen molar-refractivity contribution in [3.63, 3.8) is 0 Å². The Morgan fingerprint density at radius 1 is 1.18 bits per heavy atom. The summed E-state index contributed by atoms with van der Waals surface area (Å²) in [6.45, 7) is 4.38. The van der Waals surface area contributed by atoms with Gasteiger partial charge in [0, 0.05) is 11.6 Å². The van der Waals surface area contributed by atoms with Crippen LogP contribution in [0.5, 0.6) is 0 Å². The number of carbonyl (C=O) groups excluding carboxylic acids is 2. The van der Waals surface area contributed by atoms with Crippen molar-refractivity contribution in [3.05, 3.63) is 47.4 Å². The molecule has 7 nitrogen and oxygen atoms in total. The maximum atomic E-state index is 13.1. The van der Waals surface area contributed by atoms with E-state index < -0.39 is 17.1 Å². The van der Waals surface area contributed by atoms with E-state index in [0.29, 0.717) is 12.8 Å². The minimum atomic E-state index is -1.26. The Balaban J connectivity index is 1.24. The third kappa shape index (κ3) is 3.25. The van der Waals surface area contributed by atoms with Crippen molar-refractivity contribution in [2.45, 2.75) is 76.9 Å². The van der Waals surface area contributed by atoms with E-state index in [2.05, 4.69) is 42.6 Å². The smallest absolute Gasteiger partial charge is 0.309 e. The first kappa shape index (κ1) is 24.6. The van der Waals surface area contributed by atoms with Crippen molar-refractivity contribution in [1.82, 2.24) is 14.8 Å². The van der Waals surface area contributed by atoms with Crippen LogP contribution in [-0.2, 0) is 20.7 Å². The van der Waals surface area contributed by atoms with Gasteiger partial charge in [-0.1, -0.05) is 25.5 Å². The SMILES string of the molecule is CC12Cc3cnn(-c4ccccn4)c3C=C1CCC1[C@@H]2C(O)CC2(C)[C@H]1CCC2(OC(=O)C1CC1)C(=O)S. The lowest BCUT2D eigenvalue weighted by molar-refractivity contribution is -0.197. The molecule has 38 heavy (non-hydrogen) atoms. The van der Waals surface area contributed by atoms with Gasteiger partial charge in [0.15, 0.2) is 11.4 Å². The molecule has 4 fully saturated rings. The number of carbonyl (C=O) groups is 2. The van der Waals surface area contributed by atoms with Crippen LogP contribution >= 0.6 is 12.6 Å². The predicted octanol–water partition coefficient (Wildman–Crippen LogP) is 4.57. The zero-order valence-electron chi connectivity index (χ0n) is 22.0. The van der Waals surface area contributed by atoms with Gasteiger partial charge in [-0.25, -0.2) is 9.67 Å². The highest BCUT2D eigenvalue weighted by molar-refractivity contribution is 7.96. The quantitative estimate of drug-likeness (QED) is 0.442. The lowest BCUT2D eigenvalue weighted by Gasteiger charge is -2.60. The molecule has 4 saturated carbocycles. The molecule has 7 rings (SSSR count). The number of pyridine rings is 1. The van der Waals surface area contributed by atoms with E-state index in [1.165, 1.54) is 11.1 Å². The largest absolute Gasteiger partial charge is 0.449 e. The summed E-state index contributed by atoms with van der Waals surface area (Å²) >= 11 is 4.29. The minimum absolute atomic E-state index is 0.0666. The molecular formula is C30H35N3O4S. The maximum Gasteiger partial charge on any atom is 0.309 e. The number of esters is 1. The second-order valence-electron chi connectivity index (χ2n) is 12.8. The van der Waals surface area contributed by atoms with Gasteiger partial charge in [-0.05, 0) is 98.3 Å². The lowest BCUT2D eigenvalue weighted by atomic mass is 9.45. The molecular weight excluding hydrogens is 498 g/mol. The third-order valence-electron chi connectivity index (χ3n) is 10.9. The first-order valence-corrected chi connectivity index (χ1v) is 14.5. The van der Waals surface area contributed by atoms with Crippen LogP contribution in [0, 0.1) is 34.5 Å². The van der Waals surface area contributed by atoms with Crippen molar-refractivity contribution in [3.8, 4) is 5.82 Å². The summed E-state index contributed by atoms with van der Waals surface area (Å²) in [7, 11) is 0. The molecule has 2 aromatic heterocycles. The fraction of sp³-hybridized carbons (Fsp3) is 0.600. The van der Waals surface area contributed by atoms with Gasteiger partial charge in [-0.15, -0.1) is 12.6 Å². The van der Waals surface area contributed by atoms with Gasteiger partial charge in [0.2, 0.25) is 5.12 Å². The average molecular weight is 534 g/mol. The van der Waals surface area contributed by atoms with Gasteiger partial charge in [0.05, 0.1) is 23.9 Å². The highest BCUT2D eigenvalue weighted by atomic mass is 32.1. The molecule has 5 aliphatic carbocycles. The van der Waals surface area contributed by atoms with Crippen LogP contribution in [0.15, 0.2) is 36.2 Å². The lowest BCUT2D eigenvalue weighted by Crippen LogP contribution is -2.62. The van der Waals surface area contributed by atoms with Crippen LogP contribution in [0.4, 0.5) is 0 Å².